The van der Waals surface area contributed by atoms with Crippen LogP contribution in [-0.2, 0) is 23.2 Å². The van der Waals surface area contributed by atoms with Crippen LogP contribution < -0.4 is 4.72 Å². The van der Waals surface area contributed by atoms with Gasteiger partial charge in [0.2, 0.25) is 10.0 Å². The molecular weight excluding hydrogens is 342 g/mol. The van der Waals surface area contributed by atoms with Crippen molar-refractivity contribution in [3.63, 3.8) is 0 Å². The number of aliphatic hydroxyl groups excluding tert-OH is 1. The molecule has 0 spiro atoms. The molecule has 0 saturated carbocycles. The Bertz CT molecular complexity index is 684. The van der Waals surface area contributed by atoms with Gasteiger partial charge in [-0.2, -0.15) is 0 Å². The van der Waals surface area contributed by atoms with E-state index in [0.717, 1.165) is 11.1 Å². The maximum Gasteiger partial charge on any atom is 0.240 e. The summed E-state index contributed by atoms with van der Waals surface area (Å²) in [5, 5.41) is 8.95. The summed E-state index contributed by atoms with van der Waals surface area (Å²) < 4.78 is 27.5. The lowest BCUT2D eigenvalue weighted by Crippen LogP contribution is -2.23. The molecule has 0 aliphatic carbocycles. The molecule has 0 saturated heterocycles. The van der Waals surface area contributed by atoms with Crippen molar-refractivity contribution in [1.29, 1.82) is 0 Å². The molecule has 0 amide bonds. The predicted octanol–water partition coefficient (Wildman–Crippen LogP) is 2.42. The minimum atomic E-state index is -3.53. The Balaban J connectivity index is 2.09. The zero-order chi connectivity index (χ0) is 14.6. The highest BCUT2D eigenvalue weighted by molar-refractivity contribution is 9.10. The summed E-state index contributed by atoms with van der Waals surface area (Å²) in [6.45, 7) is 0.185. The van der Waals surface area contributed by atoms with Gasteiger partial charge in [-0.1, -0.05) is 46.3 Å². The van der Waals surface area contributed by atoms with Gasteiger partial charge in [0.1, 0.15) is 0 Å². The Hall–Kier alpha value is -1.21. The molecular formula is C14H14BrNO3S. The summed E-state index contributed by atoms with van der Waals surface area (Å²) in [6.07, 6.45) is 0. The topological polar surface area (TPSA) is 66.4 Å². The van der Waals surface area contributed by atoms with Crippen LogP contribution in [0.3, 0.4) is 0 Å². The van der Waals surface area contributed by atoms with Gasteiger partial charge in [-0.05, 0) is 29.3 Å². The van der Waals surface area contributed by atoms with Crippen LogP contribution >= 0.6 is 15.9 Å². The zero-order valence-corrected chi connectivity index (χ0v) is 13.0. The minimum absolute atomic E-state index is 0.0238. The molecule has 20 heavy (non-hydrogen) atoms. The van der Waals surface area contributed by atoms with Crippen molar-refractivity contribution in [2.45, 2.75) is 18.0 Å². The second kappa shape index (κ2) is 6.49. The van der Waals surface area contributed by atoms with Crippen molar-refractivity contribution in [2.75, 3.05) is 0 Å². The van der Waals surface area contributed by atoms with Crippen LogP contribution in [-0.4, -0.2) is 13.5 Å². The first-order valence-corrected chi connectivity index (χ1v) is 8.23. The van der Waals surface area contributed by atoms with Gasteiger partial charge in [-0.25, -0.2) is 13.1 Å². The van der Waals surface area contributed by atoms with E-state index in [4.69, 9.17) is 5.11 Å². The molecule has 106 valence electrons. The molecule has 0 bridgehead atoms. The Morgan fingerprint density at radius 3 is 2.30 bits per heavy atom. The van der Waals surface area contributed by atoms with Crippen molar-refractivity contribution in [3.8, 4) is 0 Å². The van der Waals surface area contributed by atoms with Crippen LogP contribution in [0.4, 0.5) is 0 Å². The third-order valence-corrected chi connectivity index (χ3v) is 4.67. The highest BCUT2D eigenvalue weighted by atomic mass is 79.9. The van der Waals surface area contributed by atoms with Gasteiger partial charge in [0, 0.05) is 11.0 Å². The standard InChI is InChI=1S/C14H14BrNO3S/c15-13-2-1-3-14(8-13)20(18,19)16-9-11-4-6-12(10-17)7-5-11/h1-8,16-17H,9-10H2. The molecule has 0 radical (unpaired) electrons. The van der Waals surface area contributed by atoms with Gasteiger partial charge >= 0.3 is 0 Å². The van der Waals surface area contributed by atoms with Crippen LogP contribution in [0.2, 0.25) is 0 Å². The Morgan fingerprint density at radius 2 is 1.70 bits per heavy atom. The summed E-state index contributed by atoms with van der Waals surface area (Å²) >= 11 is 3.25. The number of hydrogen-bond acceptors (Lipinski definition) is 3. The van der Waals surface area contributed by atoms with Crippen molar-refractivity contribution in [1.82, 2.24) is 4.72 Å². The average Bonchev–Trinajstić information content (AvgIpc) is 2.46. The summed E-state index contributed by atoms with van der Waals surface area (Å²) in [4.78, 5) is 0.221. The molecule has 2 N–H and O–H groups in total. The van der Waals surface area contributed by atoms with Crippen LogP contribution in [0.5, 0.6) is 0 Å². The maximum absolute atomic E-state index is 12.1. The number of hydrogen-bond donors (Lipinski definition) is 2. The second-order valence-corrected chi connectivity index (χ2v) is 6.94. The number of aliphatic hydroxyl groups is 1. The molecule has 0 atom stereocenters. The first kappa shape index (κ1) is 15.2. The summed E-state index contributed by atoms with van der Waals surface area (Å²) in [5.74, 6) is 0. The van der Waals surface area contributed by atoms with Gasteiger partial charge in [-0.15, -0.1) is 0 Å². The SMILES string of the molecule is O=S(=O)(NCc1ccc(CO)cc1)c1cccc(Br)c1. The van der Waals surface area contributed by atoms with Gasteiger partial charge in [0.05, 0.1) is 11.5 Å². The van der Waals surface area contributed by atoms with E-state index in [-0.39, 0.29) is 18.0 Å². The van der Waals surface area contributed by atoms with E-state index in [1.165, 1.54) is 0 Å². The highest BCUT2D eigenvalue weighted by Crippen LogP contribution is 2.16. The lowest BCUT2D eigenvalue weighted by Gasteiger charge is -2.07. The second-order valence-electron chi connectivity index (χ2n) is 4.26. The van der Waals surface area contributed by atoms with E-state index in [1.807, 2.05) is 0 Å². The van der Waals surface area contributed by atoms with Gasteiger partial charge in [0.15, 0.2) is 0 Å². The van der Waals surface area contributed by atoms with E-state index in [9.17, 15) is 8.42 Å². The lowest BCUT2D eigenvalue weighted by molar-refractivity contribution is 0.282. The molecule has 4 nitrogen and oxygen atoms in total. The van der Waals surface area contributed by atoms with Crippen molar-refractivity contribution >= 4 is 26.0 Å². The van der Waals surface area contributed by atoms with Crippen molar-refractivity contribution in [3.05, 3.63) is 64.1 Å². The zero-order valence-electron chi connectivity index (χ0n) is 10.6. The lowest BCUT2D eigenvalue weighted by atomic mass is 10.1. The number of nitrogens with one attached hydrogen (secondary N) is 1. The molecule has 2 aromatic rings. The Morgan fingerprint density at radius 1 is 1.05 bits per heavy atom. The fourth-order valence-electron chi connectivity index (χ4n) is 1.66. The monoisotopic (exact) mass is 355 g/mol. The minimum Gasteiger partial charge on any atom is -0.392 e. The van der Waals surface area contributed by atoms with Gasteiger partial charge in [-0.3, -0.25) is 0 Å². The number of benzene rings is 2. The third-order valence-electron chi connectivity index (χ3n) is 2.78. The average molecular weight is 356 g/mol. The number of sulfonamides is 1. The highest BCUT2D eigenvalue weighted by Gasteiger charge is 2.13. The van der Waals surface area contributed by atoms with Gasteiger partial charge in [0.25, 0.3) is 0 Å². The van der Waals surface area contributed by atoms with E-state index in [1.54, 1.807) is 48.5 Å². The Labute approximate surface area is 126 Å². The smallest absolute Gasteiger partial charge is 0.240 e. The fourth-order valence-corrected chi connectivity index (χ4v) is 3.27. The van der Waals surface area contributed by atoms with Crippen LogP contribution in [0.15, 0.2) is 57.9 Å². The predicted molar refractivity (Wildman–Crippen MR) is 80.5 cm³/mol. The van der Waals surface area contributed by atoms with Crippen LogP contribution in [0, 0.1) is 0 Å². The largest absolute Gasteiger partial charge is 0.392 e. The third kappa shape index (κ3) is 3.89. The van der Waals surface area contributed by atoms with Crippen molar-refractivity contribution < 1.29 is 13.5 Å². The van der Waals surface area contributed by atoms with Crippen LogP contribution in [0.25, 0.3) is 0 Å². The molecule has 0 aliphatic heterocycles. The first-order chi connectivity index (χ1) is 9.51. The van der Waals surface area contributed by atoms with Crippen LogP contribution in [0.1, 0.15) is 11.1 Å². The molecule has 2 aromatic carbocycles. The van der Waals surface area contributed by atoms with E-state index in [0.29, 0.717) is 4.47 Å². The summed E-state index contributed by atoms with van der Waals surface area (Å²) in [7, 11) is -3.53. The Kier molecular flexibility index (Phi) is 4.93. The van der Waals surface area contributed by atoms with E-state index in [2.05, 4.69) is 20.7 Å². The quantitative estimate of drug-likeness (QED) is 0.865. The molecule has 0 aromatic heterocycles. The van der Waals surface area contributed by atoms with E-state index >= 15 is 0 Å². The molecule has 2 rings (SSSR count). The maximum atomic E-state index is 12.1. The van der Waals surface area contributed by atoms with E-state index < -0.39 is 10.0 Å². The molecule has 0 heterocycles. The fraction of sp³-hybridized carbons (Fsp3) is 0.143. The molecule has 6 heteroatoms. The molecule has 0 fully saturated rings. The molecule has 0 unspecified atom stereocenters. The summed E-state index contributed by atoms with van der Waals surface area (Å²) in [6, 6.07) is 13.6. The normalized spacial score (nSPS) is 11.5. The number of rotatable bonds is 5. The van der Waals surface area contributed by atoms with Crippen molar-refractivity contribution in [2.24, 2.45) is 0 Å². The summed E-state index contributed by atoms with van der Waals surface area (Å²) in [5.41, 5.74) is 1.63. The van der Waals surface area contributed by atoms with Gasteiger partial charge < -0.3 is 5.11 Å². The number of halogens is 1. The first-order valence-electron chi connectivity index (χ1n) is 5.95. The molecule has 0 aliphatic rings.